The predicted octanol–water partition coefficient (Wildman–Crippen LogP) is 3.81. The van der Waals surface area contributed by atoms with Crippen LogP contribution in [0.5, 0.6) is 5.75 Å². The van der Waals surface area contributed by atoms with Gasteiger partial charge < -0.3 is 9.84 Å². The van der Waals surface area contributed by atoms with Gasteiger partial charge in [-0.2, -0.15) is 0 Å². The number of carbonyl (C=O) groups is 1. The quantitative estimate of drug-likeness (QED) is 0.850. The molecule has 3 nitrogen and oxygen atoms in total. The summed E-state index contributed by atoms with van der Waals surface area (Å²) < 4.78 is 18.9. The van der Waals surface area contributed by atoms with E-state index in [9.17, 15) is 9.18 Å². The maximum atomic E-state index is 13.3. The maximum absolute atomic E-state index is 13.3. The van der Waals surface area contributed by atoms with Crippen molar-refractivity contribution >= 4 is 12.0 Å². The molecule has 0 saturated heterocycles. The first kappa shape index (κ1) is 14.8. The van der Waals surface area contributed by atoms with Crippen molar-refractivity contribution in [1.29, 1.82) is 0 Å². The van der Waals surface area contributed by atoms with Crippen LogP contribution in [0.3, 0.4) is 0 Å². The maximum Gasteiger partial charge on any atom is 0.328 e. The molecule has 0 aliphatic rings. The van der Waals surface area contributed by atoms with Crippen molar-refractivity contribution in [3.63, 3.8) is 0 Å². The molecule has 0 spiro atoms. The van der Waals surface area contributed by atoms with Gasteiger partial charge in [-0.3, -0.25) is 0 Å². The Hall–Kier alpha value is -2.62. The van der Waals surface area contributed by atoms with Gasteiger partial charge in [-0.25, -0.2) is 9.18 Å². The highest BCUT2D eigenvalue weighted by Gasteiger charge is 2.04. The van der Waals surface area contributed by atoms with Crippen LogP contribution < -0.4 is 4.74 Å². The molecule has 0 amide bonds. The van der Waals surface area contributed by atoms with E-state index in [4.69, 9.17) is 9.84 Å². The van der Waals surface area contributed by atoms with E-state index >= 15 is 0 Å². The summed E-state index contributed by atoms with van der Waals surface area (Å²) in [5.41, 5.74) is 2.29. The third-order valence-electron chi connectivity index (χ3n) is 2.90. The first-order valence-corrected chi connectivity index (χ1v) is 6.43. The summed E-state index contributed by atoms with van der Waals surface area (Å²) in [4.78, 5) is 10.6. The fourth-order valence-corrected chi connectivity index (χ4v) is 1.88. The number of ether oxygens (including phenoxy) is 1. The number of halogens is 1. The topological polar surface area (TPSA) is 46.5 Å². The van der Waals surface area contributed by atoms with Gasteiger partial charge in [0.25, 0.3) is 0 Å². The normalized spacial score (nSPS) is 10.8. The fraction of sp³-hybridized carbons (Fsp3) is 0.118. The average Bonchev–Trinajstić information content (AvgIpc) is 2.44. The summed E-state index contributed by atoms with van der Waals surface area (Å²) >= 11 is 0. The Labute approximate surface area is 122 Å². The van der Waals surface area contributed by atoms with Crippen LogP contribution in [0.4, 0.5) is 4.39 Å². The zero-order valence-electron chi connectivity index (χ0n) is 11.5. The van der Waals surface area contributed by atoms with Crippen molar-refractivity contribution in [2.24, 2.45) is 0 Å². The van der Waals surface area contributed by atoms with E-state index in [0.717, 1.165) is 17.2 Å². The number of rotatable bonds is 5. The Kier molecular flexibility index (Phi) is 4.72. The van der Waals surface area contributed by atoms with E-state index in [1.165, 1.54) is 18.2 Å². The molecule has 0 aromatic heterocycles. The third-order valence-corrected chi connectivity index (χ3v) is 2.90. The number of benzene rings is 2. The van der Waals surface area contributed by atoms with Gasteiger partial charge in [0.05, 0.1) is 0 Å². The summed E-state index contributed by atoms with van der Waals surface area (Å²) in [6.07, 6.45) is 2.34. The monoisotopic (exact) mass is 286 g/mol. The van der Waals surface area contributed by atoms with Crippen LogP contribution >= 0.6 is 0 Å². The lowest BCUT2D eigenvalue weighted by molar-refractivity contribution is -0.131. The molecule has 2 aromatic rings. The van der Waals surface area contributed by atoms with Crippen molar-refractivity contribution < 1.29 is 19.0 Å². The van der Waals surface area contributed by atoms with Gasteiger partial charge in [-0.05, 0) is 54.0 Å². The lowest BCUT2D eigenvalue weighted by Crippen LogP contribution is -1.99. The highest BCUT2D eigenvalue weighted by atomic mass is 19.1. The van der Waals surface area contributed by atoms with E-state index in [-0.39, 0.29) is 6.61 Å². The zero-order valence-corrected chi connectivity index (χ0v) is 11.5. The lowest BCUT2D eigenvalue weighted by Gasteiger charge is -2.09. The summed E-state index contributed by atoms with van der Waals surface area (Å²) in [5, 5.41) is 8.66. The Morgan fingerprint density at radius 2 is 2.10 bits per heavy atom. The Morgan fingerprint density at radius 1 is 1.29 bits per heavy atom. The van der Waals surface area contributed by atoms with E-state index < -0.39 is 11.8 Å². The average molecular weight is 286 g/mol. The largest absolute Gasteiger partial charge is 0.489 e. The fourth-order valence-electron chi connectivity index (χ4n) is 1.88. The first-order valence-electron chi connectivity index (χ1n) is 6.43. The lowest BCUT2D eigenvalue weighted by atomic mass is 10.1. The van der Waals surface area contributed by atoms with Gasteiger partial charge in [-0.1, -0.05) is 18.2 Å². The van der Waals surface area contributed by atoms with Crippen LogP contribution in [0.1, 0.15) is 16.7 Å². The van der Waals surface area contributed by atoms with Crippen LogP contribution in [0.2, 0.25) is 0 Å². The van der Waals surface area contributed by atoms with E-state index in [1.807, 2.05) is 31.2 Å². The zero-order chi connectivity index (χ0) is 15.2. The summed E-state index contributed by atoms with van der Waals surface area (Å²) in [6, 6.07) is 11.8. The van der Waals surface area contributed by atoms with E-state index in [0.29, 0.717) is 11.3 Å². The number of aliphatic carboxylic acids is 1. The molecule has 0 fully saturated rings. The van der Waals surface area contributed by atoms with Crippen molar-refractivity contribution in [3.8, 4) is 5.75 Å². The number of hydrogen-bond acceptors (Lipinski definition) is 2. The summed E-state index contributed by atoms with van der Waals surface area (Å²) in [7, 11) is 0. The van der Waals surface area contributed by atoms with E-state index in [2.05, 4.69) is 0 Å². The Bertz CT molecular complexity index is 677. The number of aryl methyl sites for hydroxylation is 1. The summed E-state index contributed by atoms with van der Waals surface area (Å²) in [5.74, 6) is -0.781. The molecule has 0 bridgehead atoms. The molecule has 21 heavy (non-hydrogen) atoms. The van der Waals surface area contributed by atoms with Crippen LogP contribution in [0.25, 0.3) is 6.08 Å². The molecule has 0 aliphatic heterocycles. The summed E-state index contributed by atoms with van der Waals surface area (Å²) in [6.45, 7) is 2.20. The third kappa shape index (κ3) is 4.45. The van der Waals surface area contributed by atoms with Gasteiger partial charge in [-0.15, -0.1) is 0 Å². The molecule has 0 heterocycles. The van der Waals surface area contributed by atoms with Crippen molar-refractivity contribution in [3.05, 3.63) is 71.0 Å². The first-order chi connectivity index (χ1) is 10.0. The van der Waals surface area contributed by atoms with Crippen molar-refractivity contribution in [2.45, 2.75) is 13.5 Å². The molecule has 0 unspecified atom stereocenters. The Balaban J connectivity index is 2.17. The number of carboxylic acids is 1. The minimum atomic E-state index is -1.08. The molecule has 1 N–H and O–H groups in total. The standard InChI is InChI=1S/C17H15FO3/c1-12-3-2-4-16(9-12)21-11-14-5-7-15(18)10-13(14)6-8-17(19)20/h2-10H,11H2,1H3,(H,19,20). The molecule has 0 saturated carbocycles. The van der Waals surface area contributed by atoms with Crippen LogP contribution in [0, 0.1) is 12.7 Å². The molecule has 4 heteroatoms. The van der Waals surface area contributed by atoms with Gasteiger partial charge in [0.15, 0.2) is 0 Å². The molecule has 0 aliphatic carbocycles. The van der Waals surface area contributed by atoms with Gasteiger partial charge >= 0.3 is 5.97 Å². The molecule has 0 atom stereocenters. The molecule has 0 radical (unpaired) electrons. The highest BCUT2D eigenvalue weighted by molar-refractivity contribution is 5.85. The molecular weight excluding hydrogens is 271 g/mol. The minimum Gasteiger partial charge on any atom is -0.489 e. The second-order valence-electron chi connectivity index (χ2n) is 4.62. The number of carboxylic acid groups (broad SMARTS) is 1. The SMILES string of the molecule is Cc1cccc(OCc2ccc(F)cc2C=CC(=O)O)c1. The van der Waals surface area contributed by atoms with Crippen molar-refractivity contribution in [2.75, 3.05) is 0 Å². The Morgan fingerprint density at radius 3 is 2.81 bits per heavy atom. The second kappa shape index (κ2) is 6.70. The predicted molar refractivity (Wildman–Crippen MR) is 78.6 cm³/mol. The van der Waals surface area contributed by atoms with Gasteiger partial charge in [0.2, 0.25) is 0 Å². The molecule has 2 rings (SSSR count). The molecular formula is C17H15FO3. The van der Waals surface area contributed by atoms with Crippen LogP contribution in [-0.4, -0.2) is 11.1 Å². The second-order valence-corrected chi connectivity index (χ2v) is 4.62. The highest BCUT2D eigenvalue weighted by Crippen LogP contribution is 2.18. The van der Waals surface area contributed by atoms with Gasteiger partial charge in [0, 0.05) is 6.08 Å². The van der Waals surface area contributed by atoms with Gasteiger partial charge in [0.1, 0.15) is 18.2 Å². The van der Waals surface area contributed by atoms with E-state index in [1.54, 1.807) is 6.07 Å². The number of hydrogen-bond donors (Lipinski definition) is 1. The molecule has 2 aromatic carbocycles. The minimum absolute atomic E-state index is 0.239. The van der Waals surface area contributed by atoms with Crippen LogP contribution in [-0.2, 0) is 11.4 Å². The smallest absolute Gasteiger partial charge is 0.328 e. The van der Waals surface area contributed by atoms with Crippen LogP contribution in [0.15, 0.2) is 48.5 Å². The van der Waals surface area contributed by atoms with Crippen molar-refractivity contribution in [1.82, 2.24) is 0 Å². The molecule has 108 valence electrons.